The van der Waals surface area contributed by atoms with Gasteiger partial charge in [-0.05, 0) is 25.1 Å². The highest BCUT2D eigenvalue weighted by atomic mass is 35.5. The maximum Gasteiger partial charge on any atom is 0.244 e. The molecular weight excluding hydrogens is 288 g/mol. The molecule has 1 saturated heterocycles. The zero-order valence-electron chi connectivity index (χ0n) is 10.3. The largest absolute Gasteiger partial charge is 0.376 e. The van der Waals surface area contributed by atoms with E-state index in [1.807, 2.05) is 13.0 Å². The van der Waals surface area contributed by atoms with Crippen LogP contribution in [0.4, 0.5) is 0 Å². The van der Waals surface area contributed by atoms with Gasteiger partial charge in [0.2, 0.25) is 10.0 Å². The van der Waals surface area contributed by atoms with Crippen molar-refractivity contribution in [2.75, 3.05) is 19.7 Å². The van der Waals surface area contributed by atoms with Gasteiger partial charge < -0.3 is 4.74 Å². The van der Waals surface area contributed by atoms with Crippen molar-refractivity contribution >= 4 is 21.6 Å². The standard InChI is InChI=1S/C12H13ClN2O3S/c1-9-8-15(4-5-18-9)19(16,17)12-3-2-10(7-14)6-11(12)13/h2-3,6,9H,4-5,8H2,1H3. The van der Waals surface area contributed by atoms with Crippen molar-refractivity contribution in [3.8, 4) is 6.07 Å². The lowest BCUT2D eigenvalue weighted by Crippen LogP contribution is -2.44. The molecule has 7 heteroatoms. The second-order valence-electron chi connectivity index (χ2n) is 4.30. The van der Waals surface area contributed by atoms with Crippen LogP contribution >= 0.6 is 11.6 Å². The van der Waals surface area contributed by atoms with Crippen LogP contribution in [0.2, 0.25) is 5.02 Å². The number of ether oxygens (including phenoxy) is 1. The molecule has 0 amide bonds. The number of hydrogen-bond acceptors (Lipinski definition) is 4. The summed E-state index contributed by atoms with van der Waals surface area (Å²) in [6, 6.07) is 6.10. The molecule has 1 heterocycles. The van der Waals surface area contributed by atoms with Crippen LogP contribution in [0.1, 0.15) is 12.5 Å². The number of hydrogen-bond donors (Lipinski definition) is 0. The minimum absolute atomic E-state index is 0.0299. The SMILES string of the molecule is CC1CN(S(=O)(=O)c2ccc(C#N)cc2Cl)CCO1. The van der Waals surface area contributed by atoms with E-state index in [4.69, 9.17) is 21.6 Å². The van der Waals surface area contributed by atoms with Gasteiger partial charge in [-0.2, -0.15) is 9.57 Å². The van der Waals surface area contributed by atoms with E-state index >= 15 is 0 Å². The molecule has 0 bridgehead atoms. The van der Waals surface area contributed by atoms with Crippen molar-refractivity contribution in [3.63, 3.8) is 0 Å². The summed E-state index contributed by atoms with van der Waals surface area (Å²) in [5.41, 5.74) is 0.333. The normalized spacial score (nSPS) is 21.0. The van der Waals surface area contributed by atoms with Crippen LogP contribution in [0.5, 0.6) is 0 Å². The Kier molecular flexibility index (Phi) is 4.11. The van der Waals surface area contributed by atoms with Crippen LogP contribution in [0.25, 0.3) is 0 Å². The van der Waals surface area contributed by atoms with Crippen LogP contribution in [0, 0.1) is 11.3 Å². The third-order valence-corrected chi connectivity index (χ3v) is 5.23. The highest BCUT2D eigenvalue weighted by molar-refractivity contribution is 7.89. The van der Waals surface area contributed by atoms with Gasteiger partial charge in [0.15, 0.2) is 0 Å². The summed E-state index contributed by atoms with van der Waals surface area (Å²) in [6.07, 6.45) is -0.138. The van der Waals surface area contributed by atoms with Crippen LogP contribution < -0.4 is 0 Å². The van der Waals surface area contributed by atoms with Gasteiger partial charge in [0.05, 0.1) is 29.4 Å². The quantitative estimate of drug-likeness (QED) is 0.832. The molecule has 1 atom stereocenters. The van der Waals surface area contributed by atoms with E-state index in [0.717, 1.165) is 0 Å². The predicted molar refractivity (Wildman–Crippen MR) is 70.3 cm³/mol. The summed E-state index contributed by atoms with van der Waals surface area (Å²) in [7, 11) is -3.64. The lowest BCUT2D eigenvalue weighted by atomic mass is 10.2. The Balaban J connectivity index is 2.37. The fourth-order valence-corrected chi connectivity index (χ4v) is 3.94. The third-order valence-electron chi connectivity index (χ3n) is 2.88. The molecule has 0 aliphatic carbocycles. The fourth-order valence-electron chi connectivity index (χ4n) is 1.92. The Labute approximate surface area is 117 Å². The Bertz CT molecular complexity index is 624. The van der Waals surface area contributed by atoms with E-state index in [2.05, 4.69) is 0 Å². The van der Waals surface area contributed by atoms with Gasteiger partial charge in [-0.25, -0.2) is 8.42 Å². The van der Waals surface area contributed by atoms with Crippen LogP contribution in [0.15, 0.2) is 23.1 Å². The van der Waals surface area contributed by atoms with E-state index in [1.54, 1.807) is 0 Å². The van der Waals surface area contributed by atoms with Crippen molar-refractivity contribution in [1.82, 2.24) is 4.31 Å². The Morgan fingerprint density at radius 2 is 2.26 bits per heavy atom. The summed E-state index contributed by atoms with van der Waals surface area (Å²) < 4.78 is 31.6. The highest BCUT2D eigenvalue weighted by Gasteiger charge is 2.30. The number of rotatable bonds is 2. The van der Waals surface area contributed by atoms with Crippen molar-refractivity contribution in [2.45, 2.75) is 17.9 Å². The molecule has 1 aliphatic rings. The maximum atomic E-state index is 12.5. The van der Waals surface area contributed by atoms with Gasteiger partial charge in [-0.3, -0.25) is 0 Å². The molecule has 1 unspecified atom stereocenters. The van der Waals surface area contributed by atoms with Crippen molar-refractivity contribution in [1.29, 1.82) is 5.26 Å². The molecule has 5 nitrogen and oxygen atoms in total. The third kappa shape index (κ3) is 2.90. The summed E-state index contributed by atoms with van der Waals surface area (Å²) >= 11 is 5.96. The Morgan fingerprint density at radius 1 is 1.53 bits per heavy atom. The topological polar surface area (TPSA) is 70.4 Å². The molecule has 1 aliphatic heterocycles. The lowest BCUT2D eigenvalue weighted by molar-refractivity contribution is 0.0102. The summed E-state index contributed by atoms with van der Waals surface area (Å²) in [5, 5.41) is 8.82. The minimum atomic E-state index is -3.64. The van der Waals surface area contributed by atoms with Crippen molar-refractivity contribution in [2.24, 2.45) is 0 Å². The van der Waals surface area contributed by atoms with Gasteiger partial charge in [0.1, 0.15) is 4.90 Å². The van der Waals surface area contributed by atoms with Crippen molar-refractivity contribution in [3.05, 3.63) is 28.8 Å². The zero-order valence-corrected chi connectivity index (χ0v) is 11.9. The number of benzene rings is 1. The van der Waals surface area contributed by atoms with E-state index in [1.165, 1.54) is 22.5 Å². The molecule has 0 saturated carbocycles. The molecule has 1 aromatic carbocycles. The number of nitrogens with zero attached hydrogens (tertiary/aromatic N) is 2. The van der Waals surface area contributed by atoms with Crippen LogP contribution in [0.3, 0.4) is 0 Å². The van der Waals surface area contributed by atoms with Gasteiger partial charge in [-0.1, -0.05) is 11.6 Å². The molecule has 1 fully saturated rings. The molecule has 0 radical (unpaired) electrons. The molecule has 19 heavy (non-hydrogen) atoms. The van der Waals surface area contributed by atoms with E-state index in [-0.39, 0.29) is 16.0 Å². The molecule has 2 rings (SSSR count). The van der Waals surface area contributed by atoms with E-state index in [9.17, 15) is 8.42 Å². The molecular formula is C12H13ClN2O3S. The van der Waals surface area contributed by atoms with E-state index in [0.29, 0.717) is 25.3 Å². The number of nitriles is 1. The van der Waals surface area contributed by atoms with Crippen LogP contribution in [-0.4, -0.2) is 38.5 Å². The molecule has 0 spiro atoms. The predicted octanol–water partition coefficient (Wildman–Crippen LogP) is 1.62. The first kappa shape index (κ1) is 14.3. The lowest BCUT2D eigenvalue weighted by Gasteiger charge is -2.30. The van der Waals surface area contributed by atoms with Gasteiger partial charge in [0, 0.05) is 13.1 Å². The monoisotopic (exact) mass is 300 g/mol. The zero-order chi connectivity index (χ0) is 14.0. The highest BCUT2D eigenvalue weighted by Crippen LogP contribution is 2.26. The Hall–Kier alpha value is -1.13. The average molecular weight is 301 g/mol. The van der Waals surface area contributed by atoms with Crippen LogP contribution in [-0.2, 0) is 14.8 Å². The minimum Gasteiger partial charge on any atom is -0.376 e. The number of halogens is 1. The summed E-state index contributed by atoms with van der Waals surface area (Å²) in [5.74, 6) is 0. The first-order chi connectivity index (χ1) is 8.95. The molecule has 102 valence electrons. The van der Waals surface area contributed by atoms with Gasteiger partial charge in [-0.15, -0.1) is 0 Å². The Morgan fingerprint density at radius 3 is 2.84 bits per heavy atom. The first-order valence-corrected chi connectivity index (χ1v) is 7.58. The number of morpholine rings is 1. The van der Waals surface area contributed by atoms with Gasteiger partial charge in [0.25, 0.3) is 0 Å². The second kappa shape index (κ2) is 5.47. The molecule has 0 N–H and O–H groups in total. The fraction of sp³-hybridized carbons (Fsp3) is 0.417. The molecule has 1 aromatic rings. The smallest absolute Gasteiger partial charge is 0.244 e. The summed E-state index contributed by atoms with van der Waals surface area (Å²) in [6.45, 7) is 2.80. The first-order valence-electron chi connectivity index (χ1n) is 5.76. The second-order valence-corrected chi connectivity index (χ2v) is 6.62. The number of sulfonamides is 1. The average Bonchev–Trinajstić information content (AvgIpc) is 2.38. The molecule has 0 aromatic heterocycles. The van der Waals surface area contributed by atoms with E-state index < -0.39 is 10.0 Å². The summed E-state index contributed by atoms with van der Waals surface area (Å²) in [4.78, 5) is 0.0299. The maximum absolute atomic E-state index is 12.5. The van der Waals surface area contributed by atoms with Crippen molar-refractivity contribution < 1.29 is 13.2 Å². The van der Waals surface area contributed by atoms with Gasteiger partial charge >= 0.3 is 0 Å².